The number of aromatic nitrogens is 1. The van der Waals surface area contributed by atoms with Crippen LogP contribution in [0.25, 0.3) is 12.2 Å². The van der Waals surface area contributed by atoms with Crippen molar-refractivity contribution in [3.05, 3.63) is 77.7 Å². The summed E-state index contributed by atoms with van der Waals surface area (Å²) < 4.78 is 26.0. The van der Waals surface area contributed by atoms with Gasteiger partial charge in [-0.15, -0.1) is 0 Å². The summed E-state index contributed by atoms with van der Waals surface area (Å²) in [5.74, 6) is 0.0448. The van der Waals surface area contributed by atoms with Crippen molar-refractivity contribution in [1.82, 2.24) is 4.98 Å². The summed E-state index contributed by atoms with van der Waals surface area (Å²) in [7, 11) is -0.391. The largest absolute Gasteiger partial charge is 0.465 e. The third-order valence-electron chi connectivity index (χ3n) is 3.85. The first-order valence-electron chi connectivity index (χ1n) is 8.54. The summed E-state index contributed by atoms with van der Waals surface area (Å²) in [6, 6.07) is 10.2. The van der Waals surface area contributed by atoms with E-state index in [0.717, 1.165) is 4.90 Å². The van der Waals surface area contributed by atoms with Gasteiger partial charge in [-0.1, -0.05) is 48.7 Å². The van der Waals surface area contributed by atoms with Crippen molar-refractivity contribution < 1.29 is 18.2 Å². The monoisotopic (exact) mass is 460 g/mol. The van der Waals surface area contributed by atoms with E-state index in [9.17, 15) is 9.00 Å². The Morgan fingerprint density at radius 1 is 1.30 bits per heavy atom. The number of pyridine rings is 1. The van der Waals surface area contributed by atoms with E-state index < -0.39 is 17.0 Å². The minimum Gasteiger partial charge on any atom is -0.465 e. The second kappa shape index (κ2) is 9.80. The van der Waals surface area contributed by atoms with Gasteiger partial charge in [0.15, 0.2) is 11.0 Å². The molecule has 1 N–H and O–H groups in total. The fourth-order valence-electron chi connectivity index (χ4n) is 2.45. The van der Waals surface area contributed by atoms with Crippen LogP contribution in [-0.4, -0.2) is 22.3 Å². The van der Waals surface area contributed by atoms with E-state index in [0.29, 0.717) is 32.6 Å². The minimum atomic E-state index is -1.72. The Hall–Kier alpha value is -2.81. The van der Waals surface area contributed by atoms with Crippen molar-refractivity contribution in [2.45, 2.75) is 15.0 Å². The summed E-state index contributed by atoms with van der Waals surface area (Å²) in [5, 5.41) is 1.11. The maximum Gasteiger partial charge on any atom is 0.337 e. The molecule has 30 heavy (non-hydrogen) atoms. The fraction of sp³-hybridized carbons (Fsp3) is 0.0476. The molecule has 154 valence electrons. The Kier molecular flexibility index (Phi) is 7.15. The molecule has 0 saturated carbocycles. The normalized spacial score (nSPS) is 11.5. The zero-order valence-corrected chi connectivity index (χ0v) is 18.3. The molecule has 2 heterocycles. The number of nitrogens with zero attached hydrogens (tertiary/aromatic N) is 1. The molecule has 0 saturated heterocycles. The molecule has 3 rings (SSSR count). The van der Waals surface area contributed by atoms with Crippen molar-refractivity contribution in [2.24, 2.45) is 0 Å². The molecule has 0 aliphatic carbocycles. The summed E-state index contributed by atoms with van der Waals surface area (Å²) >= 11 is 7.37. The van der Waals surface area contributed by atoms with Gasteiger partial charge in [0.1, 0.15) is 10.8 Å². The molecule has 0 amide bonds. The lowest BCUT2D eigenvalue weighted by Gasteiger charge is -2.10. The lowest BCUT2D eigenvalue weighted by molar-refractivity contribution is 0.0600. The number of methoxy groups -OCH3 is 1. The lowest BCUT2D eigenvalue weighted by atomic mass is 10.2. The predicted molar refractivity (Wildman–Crippen MR) is 120 cm³/mol. The summed E-state index contributed by atoms with van der Waals surface area (Å²) in [6.45, 7) is 7.37. The van der Waals surface area contributed by atoms with Crippen LogP contribution >= 0.6 is 23.4 Å². The standard InChI is InChI=1S/C21H17ClN2O4S2/c1-4-13-10-19(28-18(13)5-2)30(26)24-17-11-15(22)12-23-20(17)29-16-8-6-7-14(9-16)21(25)27-3/h4-12,24H,1-2H2,3H3. The van der Waals surface area contributed by atoms with Crippen molar-refractivity contribution in [2.75, 3.05) is 11.8 Å². The van der Waals surface area contributed by atoms with Gasteiger partial charge in [-0.3, -0.25) is 4.72 Å². The number of anilines is 1. The molecule has 3 aromatic rings. The van der Waals surface area contributed by atoms with Crippen LogP contribution in [0.4, 0.5) is 5.69 Å². The van der Waals surface area contributed by atoms with Crippen LogP contribution in [0.1, 0.15) is 21.7 Å². The van der Waals surface area contributed by atoms with E-state index in [1.807, 2.05) is 6.07 Å². The number of ether oxygens (including phenoxy) is 1. The van der Waals surface area contributed by atoms with Crippen LogP contribution in [0.15, 0.2) is 75.2 Å². The number of hydrogen-bond donors (Lipinski definition) is 1. The van der Waals surface area contributed by atoms with Crippen molar-refractivity contribution in [1.29, 1.82) is 0 Å². The Labute approximate surface area is 185 Å². The van der Waals surface area contributed by atoms with Crippen molar-refractivity contribution >= 4 is 58.2 Å². The summed E-state index contributed by atoms with van der Waals surface area (Å²) in [4.78, 5) is 16.8. The highest BCUT2D eigenvalue weighted by atomic mass is 35.5. The van der Waals surface area contributed by atoms with Gasteiger partial charge in [-0.2, -0.15) is 0 Å². The van der Waals surface area contributed by atoms with Crippen LogP contribution in [0.5, 0.6) is 0 Å². The Bertz CT molecular complexity index is 1120. The number of nitrogens with one attached hydrogen (secondary N) is 1. The van der Waals surface area contributed by atoms with Gasteiger partial charge >= 0.3 is 5.97 Å². The van der Waals surface area contributed by atoms with Crippen LogP contribution in [-0.2, 0) is 15.7 Å². The van der Waals surface area contributed by atoms with Crippen LogP contribution in [0, 0.1) is 0 Å². The molecule has 0 spiro atoms. The lowest BCUT2D eigenvalue weighted by Crippen LogP contribution is -2.05. The van der Waals surface area contributed by atoms with E-state index in [2.05, 4.69) is 22.9 Å². The Morgan fingerprint density at radius 2 is 2.10 bits per heavy atom. The molecule has 1 aromatic carbocycles. The average Bonchev–Trinajstić information content (AvgIpc) is 3.19. The topological polar surface area (TPSA) is 81.4 Å². The molecule has 0 aliphatic rings. The highest BCUT2D eigenvalue weighted by Crippen LogP contribution is 2.34. The highest BCUT2D eigenvalue weighted by Gasteiger charge is 2.16. The molecule has 0 aliphatic heterocycles. The first-order chi connectivity index (χ1) is 14.4. The first kappa shape index (κ1) is 21.9. The molecule has 9 heteroatoms. The van der Waals surface area contributed by atoms with E-state index in [-0.39, 0.29) is 5.09 Å². The quantitative estimate of drug-likeness (QED) is 0.435. The highest BCUT2D eigenvalue weighted by molar-refractivity contribution is 7.99. The molecule has 0 radical (unpaired) electrons. The van der Waals surface area contributed by atoms with E-state index in [1.165, 1.54) is 31.1 Å². The predicted octanol–water partition coefficient (Wildman–Crippen LogP) is 5.69. The number of rotatable bonds is 8. The number of carbonyl (C=O) groups excluding carboxylic acids is 1. The molecule has 0 fully saturated rings. The van der Waals surface area contributed by atoms with Crippen LogP contribution < -0.4 is 4.72 Å². The third-order valence-corrected chi connectivity index (χ3v) is 6.03. The maximum absolute atomic E-state index is 12.8. The van der Waals surface area contributed by atoms with Gasteiger partial charge in [0.25, 0.3) is 0 Å². The van der Waals surface area contributed by atoms with Gasteiger partial charge in [0.2, 0.25) is 5.09 Å². The second-order valence-corrected chi connectivity index (χ2v) is 8.43. The number of halogens is 1. The van der Waals surface area contributed by atoms with Gasteiger partial charge in [0.05, 0.1) is 23.4 Å². The van der Waals surface area contributed by atoms with E-state index in [1.54, 1.807) is 36.4 Å². The average molecular weight is 461 g/mol. The number of esters is 1. The maximum atomic E-state index is 12.8. The van der Waals surface area contributed by atoms with Crippen LogP contribution in [0.2, 0.25) is 5.02 Å². The third kappa shape index (κ3) is 5.02. The summed E-state index contributed by atoms with van der Waals surface area (Å²) in [6.07, 6.45) is 4.60. The number of carbonyl (C=O) groups is 1. The minimum absolute atomic E-state index is 0.211. The van der Waals surface area contributed by atoms with Gasteiger partial charge in [0, 0.05) is 22.7 Å². The van der Waals surface area contributed by atoms with Crippen molar-refractivity contribution in [3.8, 4) is 0 Å². The number of benzene rings is 1. The smallest absolute Gasteiger partial charge is 0.337 e. The van der Waals surface area contributed by atoms with E-state index >= 15 is 0 Å². The van der Waals surface area contributed by atoms with Crippen molar-refractivity contribution in [3.63, 3.8) is 0 Å². The summed E-state index contributed by atoms with van der Waals surface area (Å²) in [5.41, 5.74) is 1.55. The molecular formula is C21H17ClN2O4S2. The molecular weight excluding hydrogens is 444 g/mol. The molecule has 6 nitrogen and oxygen atoms in total. The van der Waals surface area contributed by atoms with Gasteiger partial charge < -0.3 is 9.15 Å². The van der Waals surface area contributed by atoms with E-state index in [4.69, 9.17) is 20.8 Å². The fourth-order valence-corrected chi connectivity index (χ4v) is 4.41. The van der Waals surface area contributed by atoms with Gasteiger partial charge in [-0.05, 0) is 30.3 Å². The molecule has 0 bridgehead atoms. The number of furan rings is 1. The SMILES string of the molecule is C=Cc1cc(S(=O)Nc2cc(Cl)cnc2Sc2cccc(C(=O)OC)c2)oc1C=C. The Balaban J connectivity index is 1.88. The molecule has 1 atom stereocenters. The molecule has 1 unspecified atom stereocenters. The Morgan fingerprint density at radius 3 is 2.77 bits per heavy atom. The van der Waals surface area contributed by atoms with Crippen LogP contribution in [0.3, 0.4) is 0 Å². The first-order valence-corrected chi connectivity index (χ1v) is 10.9. The van der Waals surface area contributed by atoms with Gasteiger partial charge in [-0.25, -0.2) is 14.0 Å². The molecule has 2 aromatic heterocycles. The second-order valence-electron chi connectivity index (χ2n) is 5.79. The zero-order valence-electron chi connectivity index (χ0n) is 15.9. The number of hydrogen-bond acceptors (Lipinski definition) is 6. The zero-order chi connectivity index (χ0) is 21.7.